The van der Waals surface area contributed by atoms with E-state index in [1.54, 1.807) is 0 Å². The van der Waals surface area contributed by atoms with Crippen molar-refractivity contribution in [2.75, 3.05) is 0 Å². The van der Waals surface area contributed by atoms with Gasteiger partial charge in [0, 0.05) is 5.56 Å². The quantitative estimate of drug-likeness (QED) is 0.213. The first-order valence-electron chi connectivity index (χ1n) is 5.32. The molecule has 1 atom stereocenters. The number of alkyl halides is 3. The molecule has 120 valence electrons. The minimum atomic E-state index is -2.88. The van der Waals surface area contributed by atoms with Crippen LogP contribution in [-0.4, -0.2) is 9.41 Å². The highest BCUT2D eigenvalue weighted by molar-refractivity contribution is 9.25. The zero-order chi connectivity index (χ0) is 17.0. The molecule has 1 aromatic carbocycles. The summed E-state index contributed by atoms with van der Waals surface area (Å²) in [5.41, 5.74) is -3.16. The van der Waals surface area contributed by atoms with Crippen LogP contribution < -0.4 is 0 Å². The summed E-state index contributed by atoms with van der Waals surface area (Å²) in [6.07, 6.45) is -2.88. The predicted molar refractivity (Wildman–Crippen MR) is 69.0 cm³/mol. The Morgan fingerprint density at radius 2 is 1.41 bits per heavy atom. The fraction of sp³-hybridized carbons (Fsp3) is 0.167. The van der Waals surface area contributed by atoms with E-state index in [1.165, 1.54) is 0 Å². The molecule has 0 aromatic heterocycles. The SMILES string of the molecule is FC1=C(F)C(Br)(Br)C(F)C(F)=C1c1cc(F)c(F)c(F)c1F. The van der Waals surface area contributed by atoms with Crippen LogP contribution in [0.2, 0.25) is 0 Å². The van der Waals surface area contributed by atoms with Crippen molar-refractivity contribution in [3.63, 3.8) is 0 Å². The predicted octanol–water partition coefficient (Wildman–Crippen LogP) is 5.91. The summed E-state index contributed by atoms with van der Waals surface area (Å²) in [6, 6.07) is -0.0995. The van der Waals surface area contributed by atoms with E-state index in [0.29, 0.717) is 0 Å². The van der Waals surface area contributed by atoms with Gasteiger partial charge in [0.1, 0.15) is 5.83 Å². The summed E-state index contributed by atoms with van der Waals surface area (Å²) in [5, 5.41) is 0. The van der Waals surface area contributed by atoms with E-state index in [9.17, 15) is 35.1 Å². The molecule has 0 N–H and O–H groups in total. The molecule has 0 saturated heterocycles. The van der Waals surface area contributed by atoms with Crippen LogP contribution >= 0.6 is 31.9 Å². The van der Waals surface area contributed by atoms with Crippen LogP contribution in [0.25, 0.3) is 5.57 Å². The van der Waals surface area contributed by atoms with Gasteiger partial charge in [-0.1, -0.05) is 31.9 Å². The van der Waals surface area contributed by atoms with Crippen molar-refractivity contribution < 1.29 is 35.1 Å². The molecule has 0 nitrogen and oxygen atoms in total. The van der Waals surface area contributed by atoms with Crippen LogP contribution in [0.4, 0.5) is 35.1 Å². The minimum Gasteiger partial charge on any atom is -0.237 e. The lowest BCUT2D eigenvalue weighted by Gasteiger charge is -2.28. The molecule has 1 aromatic rings. The number of allylic oxidation sites excluding steroid dienone is 4. The van der Waals surface area contributed by atoms with Gasteiger partial charge in [0.2, 0.25) is 0 Å². The molecule has 0 amide bonds. The van der Waals surface area contributed by atoms with Crippen molar-refractivity contribution in [1.29, 1.82) is 0 Å². The number of benzene rings is 1. The van der Waals surface area contributed by atoms with Gasteiger partial charge in [0.25, 0.3) is 0 Å². The zero-order valence-corrected chi connectivity index (χ0v) is 13.1. The fourth-order valence-corrected chi connectivity index (χ4v) is 2.51. The maximum absolute atomic E-state index is 13.9. The Labute approximate surface area is 134 Å². The van der Waals surface area contributed by atoms with Crippen molar-refractivity contribution in [2.24, 2.45) is 0 Å². The van der Waals surface area contributed by atoms with E-state index in [4.69, 9.17) is 0 Å². The molecular formula is C12H2Br2F8. The standard InChI is InChI=1S/C12H2Br2F8/c13-12(14)10(21)7(18)4(8(19)11(12)22)2-1-3(15)6(17)9(20)5(2)16/h1,10H. The highest BCUT2D eigenvalue weighted by Crippen LogP contribution is 2.52. The second-order valence-electron chi connectivity index (χ2n) is 4.18. The number of halogens is 10. The van der Waals surface area contributed by atoms with Crippen LogP contribution in [0.5, 0.6) is 0 Å². The van der Waals surface area contributed by atoms with Gasteiger partial charge in [0.05, 0.1) is 5.57 Å². The summed E-state index contributed by atoms with van der Waals surface area (Å²) in [5.74, 6) is -14.8. The van der Waals surface area contributed by atoms with E-state index in [2.05, 4.69) is 31.9 Å². The number of hydrogen-bond acceptors (Lipinski definition) is 0. The largest absolute Gasteiger partial charge is 0.237 e. The highest BCUT2D eigenvalue weighted by atomic mass is 79.9. The first kappa shape index (κ1) is 17.5. The molecule has 1 unspecified atom stereocenters. The summed E-state index contributed by atoms with van der Waals surface area (Å²) >= 11 is 4.71. The minimum absolute atomic E-state index is 0.0995. The molecule has 0 spiro atoms. The zero-order valence-electron chi connectivity index (χ0n) is 9.93. The van der Waals surface area contributed by atoms with Crippen LogP contribution in [0, 0.1) is 23.3 Å². The average molecular weight is 458 g/mol. The van der Waals surface area contributed by atoms with Crippen molar-refractivity contribution in [3.05, 3.63) is 52.4 Å². The van der Waals surface area contributed by atoms with Crippen molar-refractivity contribution >= 4 is 37.4 Å². The Kier molecular flexibility index (Phi) is 4.46. The second-order valence-corrected chi connectivity index (χ2v) is 7.75. The van der Waals surface area contributed by atoms with E-state index < -0.39 is 61.3 Å². The van der Waals surface area contributed by atoms with Gasteiger partial charge < -0.3 is 0 Å². The van der Waals surface area contributed by atoms with Gasteiger partial charge in [0.15, 0.2) is 44.3 Å². The Hall–Kier alpha value is -0.900. The fourth-order valence-electron chi connectivity index (χ4n) is 1.76. The summed E-state index contributed by atoms with van der Waals surface area (Å²) in [7, 11) is 0. The molecule has 22 heavy (non-hydrogen) atoms. The van der Waals surface area contributed by atoms with Gasteiger partial charge >= 0.3 is 0 Å². The maximum Gasteiger partial charge on any atom is 0.198 e. The molecule has 0 aliphatic heterocycles. The van der Waals surface area contributed by atoms with E-state index >= 15 is 0 Å². The molecule has 1 aliphatic carbocycles. The highest BCUT2D eigenvalue weighted by Gasteiger charge is 2.50. The van der Waals surface area contributed by atoms with Crippen molar-refractivity contribution in [1.82, 2.24) is 0 Å². The lowest BCUT2D eigenvalue weighted by molar-refractivity contribution is 0.297. The van der Waals surface area contributed by atoms with Crippen LogP contribution in [-0.2, 0) is 0 Å². The Balaban J connectivity index is 2.81. The van der Waals surface area contributed by atoms with Gasteiger partial charge in [-0.05, 0) is 6.07 Å². The van der Waals surface area contributed by atoms with Gasteiger partial charge in [-0.25, -0.2) is 35.1 Å². The number of rotatable bonds is 1. The van der Waals surface area contributed by atoms with E-state index in [-0.39, 0.29) is 6.07 Å². The Bertz CT molecular complexity index is 722. The van der Waals surface area contributed by atoms with Crippen molar-refractivity contribution in [3.8, 4) is 0 Å². The molecule has 1 aliphatic rings. The van der Waals surface area contributed by atoms with E-state index in [1.807, 2.05) is 0 Å². The molecule has 0 fully saturated rings. The lowest BCUT2D eigenvalue weighted by atomic mass is 9.94. The number of hydrogen-bond donors (Lipinski definition) is 0. The topological polar surface area (TPSA) is 0 Å². The molecule has 0 heterocycles. The smallest absolute Gasteiger partial charge is 0.198 e. The van der Waals surface area contributed by atoms with Crippen LogP contribution in [0.15, 0.2) is 23.5 Å². The normalized spacial score (nSPS) is 21.6. The first-order chi connectivity index (χ1) is 10.0. The summed E-state index contributed by atoms with van der Waals surface area (Å²) < 4.78 is 105. The lowest BCUT2D eigenvalue weighted by Crippen LogP contribution is -2.32. The van der Waals surface area contributed by atoms with E-state index in [0.717, 1.165) is 0 Å². The monoisotopic (exact) mass is 456 g/mol. The van der Waals surface area contributed by atoms with Gasteiger partial charge in [-0.3, -0.25) is 0 Å². The summed E-state index contributed by atoms with van der Waals surface area (Å²) in [6.45, 7) is 0. The molecule has 0 radical (unpaired) electrons. The third-order valence-electron chi connectivity index (χ3n) is 2.86. The maximum atomic E-state index is 13.9. The second kappa shape index (κ2) is 5.63. The van der Waals surface area contributed by atoms with Gasteiger partial charge in [-0.2, -0.15) is 0 Å². The Morgan fingerprint density at radius 3 is 1.95 bits per heavy atom. The first-order valence-corrected chi connectivity index (χ1v) is 6.91. The van der Waals surface area contributed by atoms with Gasteiger partial charge in [-0.15, -0.1) is 0 Å². The summed E-state index contributed by atoms with van der Waals surface area (Å²) in [4.78, 5) is 0. The van der Waals surface area contributed by atoms with Crippen molar-refractivity contribution in [2.45, 2.75) is 9.41 Å². The average Bonchev–Trinajstić information content (AvgIpc) is 2.47. The van der Waals surface area contributed by atoms with Crippen LogP contribution in [0.1, 0.15) is 5.56 Å². The third kappa shape index (κ3) is 2.40. The van der Waals surface area contributed by atoms with Crippen LogP contribution in [0.3, 0.4) is 0 Å². The molecule has 10 heteroatoms. The molecule has 0 saturated carbocycles. The third-order valence-corrected chi connectivity index (χ3v) is 4.36. The molecular weight excluding hydrogens is 456 g/mol. The Morgan fingerprint density at radius 1 is 0.864 bits per heavy atom. The molecule has 0 bridgehead atoms. The molecule has 2 rings (SSSR count).